The number of fused-ring (bicyclic) bond motifs is 1. The SMILES string of the molecule is N#CC(=C(O)COc1ccccc1)c1nc2ccccc2[nH]1. The summed E-state index contributed by atoms with van der Waals surface area (Å²) in [7, 11) is 0. The lowest BCUT2D eigenvalue weighted by atomic mass is 10.2. The van der Waals surface area contributed by atoms with Crippen molar-refractivity contribution in [1.82, 2.24) is 9.97 Å². The van der Waals surface area contributed by atoms with E-state index in [9.17, 15) is 10.4 Å². The molecule has 2 aromatic carbocycles. The Morgan fingerprint density at radius 1 is 1.14 bits per heavy atom. The number of imidazole rings is 1. The van der Waals surface area contributed by atoms with E-state index in [1.54, 1.807) is 12.1 Å². The van der Waals surface area contributed by atoms with Gasteiger partial charge in [0.2, 0.25) is 0 Å². The first-order chi connectivity index (χ1) is 10.8. The van der Waals surface area contributed by atoms with Crippen molar-refractivity contribution in [2.75, 3.05) is 6.61 Å². The average molecular weight is 291 g/mol. The van der Waals surface area contributed by atoms with Gasteiger partial charge in [-0.15, -0.1) is 0 Å². The minimum atomic E-state index is -0.162. The summed E-state index contributed by atoms with van der Waals surface area (Å²) in [5.74, 6) is 0.791. The van der Waals surface area contributed by atoms with Gasteiger partial charge in [0.15, 0.2) is 11.6 Å². The number of nitriles is 1. The number of benzene rings is 2. The number of aromatic nitrogens is 2. The first-order valence-corrected chi connectivity index (χ1v) is 6.73. The van der Waals surface area contributed by atoms with Crippen LogP contribution in [0.2, 0.25) is 0 Å². The highest BCUT2D eigenvalue weighted by Crippen LogP contribution is 2.19. The molecule has 0 bridgehead atoms. The fourth-order valence-corrected chi connectivity index (χ4v) is 2.07. The molecule has 0 aliphatic heterocycles. The number of nitrogens with zero attached hydrogens (tertiary/aromatic N) is 2. The monoisotopic (exact) mass is 291 g/mol. The number of hydrogen-bond acceptors (Lipinski definition) is 4. The number of allylic oxidation sites excluding steroid dienone is 1. The van der Waals surface area contributed by atoms with E-state index in [0.717, 1.165) is 11.0 Å². The van der Waals surface area contributed by atoms with Crippen LogP contribution in [0.4, 0.5) is 0 Å². The molecule has 1 aromatic heterocycles. The highest BCUT2D eigenvalue weighted by atomic mass is 16.5. The van der Waals surface area contributed by atoms with E-state index >= 15 is 0 Å². The molecule has 0 aliphatic carbocycles. The molecule has 0 fully saturated rings. The Hall–Kier alpha value is -3.26. The minimum Gasteiger partial charge on any atom is -0.507 e. The third-order valence-corrected chi connectivity index (χ3v) is 3.15. The number of rotatable bonds is 4. The summed E-state index contributed by atoms with van der Waals surface area (Å²) < 4.78 is 5.45. The number of aromatic amines is 1. The Morgan fingerprint density at radius 2 is 1.86 bits per heavy atom. The Labute approximate surface area is 127 Å². The first-order valence-electron chi connectivity index (χ1n) is 6.73. The zero-order chi connectivity index (χ0) is 15.4. The summed E-state index contributed by atoms with van der Waals surface area (Å²) in [6.07, 6.45) is 0. The topological polar surface area (TPSA) is 81.9 Å². The van der Waals surface area contributed by atoms with Crippen LogP contribution in [0.1, 0.15) is 5.82 Å². The first kappa shape index (κ1) is 13.7. The molecule has 22 heavy (non-hydrogen) atoms. The summed E-state index contributed by atoms with van der Waals surface area (Å²) in [5, 5.41) is 19.4. The van der Waals surface area contributed by atoms with Crippen molar-refractivity contribution < 1.29 is 9.84 Å². The molecular weight excluding hydrogens is 278 g/mol. The molecule has 1 heterocycles. The second kappa shape index (κ2) is 6.02. The molecule has 2 N–H and O–H groups in total. The van der Waals surface area contributed by atoms with Crippen molar-refractivity contribution in [2.45, 2.75) is 0 Å². The highest BCUT2D eigenvalue weighted by molar-refractivity contribution is 5.82. The lowest BCUT2D eigenvalue weighted by Gasteiger charge is -2.06. The van der Waals surface area contributed by atoms with Gasteiger partial charge in [-0.1, -0.05) is 30.3 Å². The number of aliphatic hydroxyl groups excluding tert-OH is 1. The van der Waals surface area contributed by atoms with Crippen LogP contribution >= 0.6 is 0 Å². The molecule has 0 amide bonds. The summed E-state index contributed by atoms with van der Waals surface area (Å²) in [6.45, 7) is -0.0933. The van der Waals surface area contributed by atoms with Crippen LogP contribution in [0.3, 0.4) is 0 Å². The average Bonchev–Trinajstić information content (AvgIpc) is 2.98. The molecule has 0 unspecified atom stereocenters. The van der Waals surface area contributed by atoms with Gasteiger partial charge in [0, 0.05) is 0 Å². The van der Waals surface area contributed by atoms with Gasteiger partial charge in [-0.3, -0.25) is 0 Å². The maximum absolute atomic E-state index is 10.1. The van der Waals surface area contributed by atoms with Gasteiger partial charge < -0.3 is 14.8 Å². The summed E-state index contributed by atoms with van der Waals surface area (Å²) >= 11 is 0. The molecular formula is C17H13N3O2. The molecule has 3 rings (SSSR count). The Kier molecular flexibility index (Phi) is 3.75. The maximum atomic E-state index is 10.1. The molecule has 0 radical (unpaired) electrons. The van der Waals surface area contributed by atoms with Crippen molar-refractivity contribution in [3.8, 4) is 11.8 Å². The summed E-state index contributed by atoms with van der Waals surface area (Å²) in [4.78, 5) is 7.33. The van der Waals surface area contributed by atoms with Crippen LogP contribution < -0.4 is 4.74 Å². The molecule has 3 aromatic rings. The van der Waals surface area contributed by atoms with Gasteiger partial charge in [-0.2, -0.15) is 5.26 Å². The van der Waals surface area contributed by atoms with E-state index in [0.29, 0.717) is 11.6 Å². The van der Waals surface area contributed by atoms with Gasteiger partial charge >= 0.3 is 0 Å². The van der Waals surface area contributed by atoms with E-state index in [2.05, 4.69) is 9.97 Å². The van der Waals surface area contributed by atoms with E-state index in [1.165, 1.54) is 0 Å². The molecule has 0 saturated carbocycles. The van der Waals surface area contributed by atoms with E-state index in [1.807, 2.05) is 48.5 Å². The highest BCUT2D eigenvalue weighted by Gasteiger charge is 2.13. The molecule has 0 saturated heterocycles. The van der Waals surface area contributed by atoms with Crippen LogP contribution in [-0.2, 0) is 0 Å². The van der Waals surface area contributed by atoms with Gasteiger partial charge in [0.25, 0.3) is 0 Å². The van der Waals surface area contributed by atoms with Gasteiger partial charge in [-0.25, -0.2) is 4.98 Å². The molecule has 5 heteroatoms. The fraction of sp³-hybridized carbons (Fsp3) is 0.0588. The molecule has 108 valence electrons. The lowest BCUT2D eigenvalue weighted by Crippen LogP contribution is -2.04. The third-order valence-electron chi connectivity index (χ3n) is 3.15. The summed E-state index contributed by atoms with van der Waals surface area (Å²) in [6, 6.07) is 18.5. The van der Waals surface area contributed by atoms with Crippen molar-refractivity contribution >= 4 is 16.6 Å². The lowest BCUT2D eigenvalue weighted by molar-refractivity contribution is 0.272. The van der Waals surface area contributed by atoms with Crippen molar-refractivity contribution in [1.29, 1.82) is 5.26 Å². The Balaban J connectivity index is 1.86. The van der Waals surface area contributed by atoms with Crippen LogP contribution in [0.5, 0.6) is 5.75 Å². The maximum Gasteiger partial charge on any atom is 0.152 e. The molecule has 0 aliphatic rings. The Bertz CT molecular complexity index is 827. The largest absolute Gasteiger partial charge is 0.507 e. The number of ether oxygens (including phenoxy) is 1. The quantitative estimate of drug-likeness (QED) is 0.570. The van der Waals surface area contributed by atoms with Crippen LogP contribution in [-0.4, -0.2) is 21.7 Å². The smallest absolute Gasteiger partial charge is 0.152 e. The molecule has 0 spiro atoms. The number of H-pyrrole nitrogens is 1. The zero-order valence-electron chi connectivity index (χ0n) is 11.7. The minimum absolute atomic E-state index is 0.0760. The normalized spacial score (nSPS) is 11.8. The number of para-hydroxylation sites is 3. The second-order valence-electron chi connectivity index (χ2n) is 4.64. The zero-order valence-corrected chi connectivity index (χ0v) is 11.7. The van der Waals surface area contributed by atoms with E-state index < -0.39 is 0 Å². The van der Waals surface area contributed by atoms with E-state index in [4.69, 9.17) is 4.74 Å². The molecule has 0 atom stereocenters. The number of nitrogens with one attached hydrogen (secondary N) is 1. The van der Waals surface area contributed by atoms with Crippen molar-refractivity contribution in [3.05, 3.63) is 66.2 Å². The molecule has 5 nitrogen and oxygen atoms in total. The standard InChI is InChI=1S/C17H13N3O2/c18-10-13(16(21)11-22-12-6-2-1-3-7-12)17-19-14-8-4-5-9-15(14)20-17/h1-9,21H,11H2,(H,19,20). The third kappa shape index (κ3) is 2.76. The summed E-state index contributed by atoms with van der Waals surface area (Å²) in [5.41, 5.74) is 1.62. The van der Waals surface area contributed by atoms with Crippen LogP contribution in [0.25, 0.3) is 16.6 Å². The fourth-order valence-electron chi connectivity index (χ4n) is 2.07. The van der Waals surface area contributed by atoms with Crippen LogP contribution in [0.15, 0.2) is 60.4 Å². The second-order valence-corrected chi connectivity index (χ2v) is 4.64. The number of hydrogen-bond donors (Lipinski definition) is 2. The van der Waals surface area contributed by atoms with Gasteiger partial charge in [-0.05, 0) is 24.3 Å². The van der Waals surface area contributed by atoms with E-state index in [-0.39, 0.29) is 17.9 Å². The van der Waals surface area contributed by atoms with Crippen molar-refractivity contribution in [2.24, 2.45) is 0 Å². The van der Waals surface area contributed by atoms with Gasteiger partial charge in [0.05, 0.1) is 11.0 Å². The number of aliphatic hydroxyl groups is 1. The van der Waals surface area contributed by atoms with Crippen LogP contribution in [0, 0.1) is 11.3 Å². The Morgan fingerprint density at radius 3 is 2.59 bits per heavy atom. The van der Waals surface area contributed by atoms with Crippen molar-refractivity contribution in [3.63, 3.8) is 0 Å². The predicted octanol–water partition coefficient (Wildman–Crippen LogP) is 3.43. The predicted molar refractivity (Wildman–Crippen MR) is 83.2 cm³/mol. The van der Waals surface area contributed by atoms with Gasteiger partial charge in [0.1, 0.15) is 24.0 Å².